The Balaban J connectivity index is -0.000000112. The number of rotatable bonds is 6. The SMILES string of the molecule is C=Cc1ccc(C[N+](CC)(CC)CC)cc1.O=P(O)(O)F.O=P(O)(O)F.O=P(O)(O)F.O=P(O)(O)F.O=P(O)(O)F.O=P([O-])(O)F. The Morgan fingerprint density at radius 1 is 0.587 bits per heavy atom. The Labute approximate surface area is 258 Å². The Hall–Kier alpha value is -0.600. The maximum Gasteiger partial charge on any atom is 0.507 e. The number of nitrogens with zero attached hydrogens (tertiary/aromatic N) is 1. The van der Waals surface area contributed by atoms with Crippen LogP contribution in [-0.4, -0.2) is 77.9 Å². The van der Waals surface area contributed by atoms with Crippen LogP contribution in [0.1, 0.15) is 31.9 Å². The van der Waals surface area contributed by atoms with Crippen molar-refractivity contribution >= 4 is 53.5 Å². The molecule has 1 aromatic rings. The van der Waals surface area contributed by atoms with Gasteiger partial charge in [-0.25, -0.2) is 22.8 Å². The van der Waals surface area contributed by atoms with Crippen LogP contribution in [0.3, 0.4) is 0 Å². The summed E-state index contributed by atoms with van der Waals surface area (Å²) in [5.41, 5.74) is 2.63. The molecule has 1 unspecified atom stereocenters. The van der Waals surface area contributed by atoms with Gasteiger partial charge in [-0.1, -0.05) is 36.9 Å². The van der Waals surface area contributed by atoms with Crippen molar-refractivity contribution in [2.45, 2.75) is 27.3 Å². The van der Waals surface area contributed by atoms with Crippen molar-refractivity contribution in [3.05, 3.63) is 42.0 Å². The van der Waals surface area contributed by atoms with Crippen LogP contribution in [-0.2, 0) is 33.9 Å². The summed E-state index contributed by atoms with van der Waals surface area (Å²) in [6.45, 7) is 15.4. The third-order valence-corrected chi connectivity index (χ3v) is 3.75. The van der Waals surface area contributed by atoms with E-state index in [0.717, 1.165) is 6.54 Å². The first kappa shape index (κ1) is 57.7. The van der Waals surface area contributed by atoms with Crippen LogP contribution in [0.25, 0.3) is 6.08 Å². The van der Waals surface area contributed by atoms with Crippen LogP contribution in [0.4, 0.5) is 25.2 Å². The lowest BCUT2D eigenvalue weighted by molar-refractivity contribution is -0.936. The lowest BCUT2D eigenvalue weighted by atomic mass is 10.1. The number of quaternary nitrogens is 1. The maximum atomic E-state index is 10.4. The van der Waals surface area contributed by atoms with Crippen molar-refractivity contribution in [1.29, 1.82) is 0 Å². The highest BCUT2D eigenvalue weighted by Gasteiger charge is 2.20. The molecule has 0 saturated carbocycles. The van der Waals surface area contributed by atoms with Crippen LogP contribution < -0.4 is 4.89 Å². The Morgan fingerprint density at radius 3 is 0.891 bits per heavy atom. The second-order valence-electron chi connectivity index (χ2n) is 7.21. The molecule has 0 amide bonds. The smallest absolute Gasteiger partial charge is 0.507 e. The molecule has 0 fully saturated rings. The van der Waals surface area contributed by atoms with Crippen LogP contribution >= 0.6 is 47.4 Å². The molecule has 1 aromatic carbocycles. The summed E-state index contributed by atoms with van der Waals surface area (Å²) in [6.07, 6.45) is 1.89. The molecule has 46 heavy (non-hydrogen) atoms. The van der Waals surface area contributed by atoms with E-state index in [2.05, 4.69) is 51.6 Å². The van der Waals surface area contributed by atoms with E-state index in [-0.39, 0.29) is 0 Å². The molecule has 0 bridgehead atoms. The fourth-order valence-electron chi connectivity index (χ4n) is 2.15. The molecular formula is C15H35F6NO18P6. The molecule has 0 aliphatic carbocycles. The van der Waals surface area contributed by atoms with Crippen LogP contribution in [0.15, 0.2) is 30.8 Å². The topological polar surface area (TPSA) is 348 Å². The van der Waals surface area contributed by atoms with E-state index in [9.17, 15) is 25.2 Å². The monoisotopic (exact) mass is 817 g/mol. The molecule has 1 rings (SSSR count). The molecular weight excluding hydrogens is 782 g/mol. The van der Waals surface area contributed by atoms with E-state index < -0.39 is 47.4 Å². The third-order valence-electron chi connectivity index (χ3n) is 3.75. The minimum absolute atomic E-state index is 1.14. The number of halogens is 6. The zero-order chi connectivity index (χ0) is 39.0. The molecule has 280 valence electrons. The molecule has 0 spiro atoms. The van der Waals surface area contributed by atoms with Crippen LogP contribution in [0.5, 0.6) is 0 Å². The van der Waals surface area contributed by atoms with Gasteiger partial charge in [0.15, 0.2) is 0 Å². The standard InChI is InChI=1S/C15H24N.6FH2O3P/c1-5-14-9-11-15(12-10-14)13-16(6-2,7-3)8-4;6*1-5(2,3)4/h5,9-12H,1,6-8,13H2,2-4H3;6*(H2,2,3,4)/q+1;;;;;;/p-1. The van der Waals surface area contributed by atoms with Gasteiger partial charge in [0.1, 0.15) is 6.54 Å². The van der Waals surface area contributed by atoms with Crippen molar-refractivity contribution in [2.75, 3.05) is 19.6 Å². The van der Waals surface area contributed by atoms with Crippen molar-refractivity contribution < 1.29 is 116 Å². The zero-order valence-corrected chi connectivity index (χ0v) is 29.0. The molecule has 0 heterocycles. The maximum absolute atomic E-state index is 10.4. The highest BCUT2D eigenvalue weighted by atomic mass is 31.2. The molecule has 0 aliphatic heterocycles. The van der Waals surface area contributed by atoms with Crippen molar-refractivity contribution in [2.24, 2.45) is 0 Å². The molecule has 0 radical (unpaired) electrons. The predicted molar refractivity (Wildman–Crippen MR) is 149 cm³/mol. The Morgan fingerprint density at radius 2 is 0.761 bits per heavy atom. The van der Waals surface area contributed by atoms with E-state index in [1.165, 1.54) is 35.2 Å². The fourth-order valence-corrected chi connectivity index (χ4v) is 2.15. The molecule has 19 nitrogen and oxygen atoms in total. The lowest BCUT2D eigenvalue weighted by Crippen LogP contribution is -2.46. The predicted octanol–water partition coefficient (Wildman–Crippen LogP) is 3.37. The average Bonchev–Trinajstić information content (AvgIpc) is 2.71. The van der Waals surface area contributed by atoms with E-state index in [0.29, 0.717) is 0 Å². The molecule has 0 aliphatic rings. The molecule has 0 saturated heterocycles. The number of hydrogen-bond donors (Lipinski definition) is 11. The number of benzene rings is 1. The first-order chi connectivity index (χ1) is 19.7. The largest absolute Gasteiger partial charge is 0.753 e. The summed E-state index contributed by atoms with van der Waals surface area (Å²) in [7, 11) is -31.1. The minimum atomic E-state index is -5.39. The van der Waals surface area contributed by atoms with Gasteiger partial charge in [0, 0.05) is 5.56 Å². The summed E-state index contributed by atoms with van der Waals surface area (Å²) in [4.78, 5) is 85.1. The van der Waals surface area contributed by atoms with E-state index in [1.54, 1.807) is 0 Å². The van der Waals surface area contributed by atoms with Gasteiger partial charge < -0.3 is 14.3 Å². The van der Waals surface area contributed by atoms with E-state index >= 15 is 0 Å². The number of hydrogen-bond acceptors (Lipinski definition) is 7. The van der Waals surface area contributed by atoms with Gasteiger partial charge in [-0.3, -0.25) is 53.5 Å². The highest BCUT2D eigenvalue weighted by Crippen LogP contribution is 2.36. The van der Waals surface area contributed by atoms with Gasteiger partial charge in [-0.05, 0) is 26.3 Å². The average molecular weight is 817 g/mol. The summed E-state index contributed by atoms with van der Waals surface area (Å²) in [5.74, 6) is 0. The second kappa shape index (κ2) is 26.3. The van der Waals surface area contributed by atoms with Crippen molar-refractivity contribution in [1.82, 2.24) is 0 Å². The normalized spacial score (nSPS) is 12.7. The molecule has 0 aromatic heterocycles. The van der Waals surface area contributed by atoms with E-state index in [1.807, 2.05) is 6.08 Å². The quantitative estimate of drug-likeness (QED) is 0.111. The first-order valence-electron chi connectivity index (χ1n) is 10.8. The zero-order valence-electron chi connectivity index (χ0n) is 23.6. The first-order valence-corrected chi connectivity index (χ1v) is 19.7. The Kier molecular flexibility index (Phi) is 33.0. The van der Waals surface area contributed by atoms with E-state index in [4.69, 9.17) is 86.1 Å². The second-order valence-corrected chi connectivity index (χ2v) is 12.8. The molecule has 1 atom stereocenters. The van der Waals surface area contributed by atoms with Crippen molar-refractivity contribution in [3.8, 4) is 0 Å². The summed E-state index contributed by atoms with van der Waals surface area (Å²) >= 11 is 0. The fraction of sp³-hybridized carbons (Fsp3) is 0.467. The van der Waals surface area contributed by atoms with Gasteiger partial charge >= 0.3 is 47.4 Å². The van der Waals surface area contributed by atoms with Gasteiger partial charge in [-0.2, -0.15) is 4.20 Å². The van der Waals surface area contributed by atoms with Crippen LogP contribution in [0, 0.1) is 0 Å². The third kappa shape index (κ3) is 121. The Bertz CT molecular complexity index is 1010. The van der Waals surface area contributed by atoms with Gasteiger partial charge in [0.2, 0.25) is 0 Å². The van der Waals surface area contributed by atoms with Crippen molar-refractivity contribution in [3.63, 3.8) is 0 Å². The highest BCUT2D eigenvalue weighted by molar-refractivity contribution is 7.46. The van der Waals surface area contributed by atoms with Crippen LogP contribution in [0.2, 0.25) is 0 Å². The molecule has 11 N–H and O–H groups in total. The minimum Gasteiger partial charge on any atom is -0.753 e. The van der Waals surface area contributed by atoms with Gasteiger partial charge in [0.25, 0.3) is 0 Å². The van der Waals surface area contributed by atoms with Gasteiger partial charge in [-0.15, -0.1) is 21.0 Å². The summed E-state index contributed by atoms with van der Waals surface area (Å²) in [6, 6.07) is 8.76. The molecule has 31 heteroatoms. The van der Waals surface area contributed by atoms with Gasteiger partial charge in [0.05, 0.1) is 19.6 Å². The summed E-state index contributed by atoms with van der Waals surface area (Å²) in [5, 5.41) is 0. The lowest BCUT2D eigenvalue weighted by Gasteiger charge is -2.35. The summed E-state index contributed by atoms with van der Waals surface area (Å²) < 4.78 is 115.